The zero-order valence-corrected chi connectivity index (χ0v) is 9.51. The fourth-order valence-electron chi connectivity index (χ4n) is 1.58. The first-order valence-electron chi connectivity index (χ1n) is 5.38. The van der Waals surface area contributed by atoms with Gasteiger partial charge in [0.1, 0.15) is 11.9 Å². The molecule has 1 atom stereocenters. The maximum Gasteiger partial charge on any atom is 0.244 e. The summed E-state index contributed by atoms with van der Waals surface area (Å²) in [6, 6.07) is 8.48. The van der Waals surface area contributed by atoms with Crippen LogP contribution >= 0.6 is 0 Å². The zero-order valence-electron chi connectivity index (χ0n) is 9.51. The Bertz CT molecular complexity index is 528. The number of carbonyl (C=O) groups is 1. The summed E-state index contributed by atoms with van der Waals surface area (Å²) in [4.78, 5) is 15.4. The average molecular weight is 245 g/mol. The van der Waals surface area contributed by atoms with Gasteiger partial charge in [-0.1, -0.05) is 6.07 Å². The van der Waals surface area contributed by atoms with Gasteiger partial charge in [-0.25, -0.2) is 4.39 Å². The number of anilines is 1. The van der Waals surface area contributed by atoms with E-state index < -0.39 is 11.9 Å². The van der Waals surface area contributed by atoms with Crippen LogP contribution < -0.4 is 11.1 Å². The van der Waals surface area contributed by atoms with E-state index in [0.29, 0.717) is 11.3 Å². The van der Waals surface area contributed by atoms with Crippen LogP contribution in [-0.4, -0.2) is 10.9 Å². The number of hydrogen-bond acceptors (Lipinski definition) is 3. The lowest BCUT2D eigenvalue weighted by atomic mass is 10.1. The summed E-state index contributed by atoms with van der Waals surface area (Å²) in [7, 11) is 0. The number of primary amides is 1. The maximum atomic E-state index is 12.8. The lowest BCUT2D eigenvalue weighted by Crippen LogP contribution is -2.27. The van der Waals surface area contributed by atoms with Gasteiger partial charge in [0.25, 0.3) is 0 Å². The molecule has 0 aliphatic heterocycles. The van der Waals surface area contributed by atoms with Crippen molar-refractivity contribution in [2.24, 2.45) is 5.73 Å². The molecule has 1 aromatic carbocycles. The number of nitrogens with one attached hydrogen (secondary N) is 1. The average Bonchev–Trinajstić information content (AvgIpc) is 2.38. The van der Waals surface area contributed by atoms with Crippen molar-refractivity contribution >= 4 is 11.6 Å². The number of amides is 1. The third kappa shape index (κ3) is 2.82. The van der Waals surface area contributed by atoms with Crippen LogP contribution in [-0.2, 0) is 4.79 Å². The van der Waals surface area contributed by atoms with Gasteiger partial charge in [0.15, 0.2) is 0 Å². The van der Waals surface area contributed by atoms with Crippen LogP contribution in [0.15, 0.2) is 48.8 Å². The van der Waals surface area contributed by atoms with E-state index in [2.05, 4.69) is 10.3 Å². The lowest BCUT2D eigenvalue weighted by molar-refractivity contribution is -0.118. The van der Waals surface area contributed by atoms with Crippen molar-refractivity contribution in [2.45, 2.75) is 6.04 Å². The minimum Gasteiger partial charge on any atom is -0.370 e. The number of nitrogens with two attached hydrogens (primary N) is 1. The number of benzene rings is 1. The van der Waals surface area contributed by atoms with E-state index in [1.54, 1.807) is 36.7 Å². The van der Waals surface area contributed by atoms with E-state index in [9.17, 15) is 9.18 Å². The molecule has 2 rings (SSSR count). The highest BCUT2D eigenvalue weighted by molar-refractivity contribution is 5.84. The fraction of sp³-hybridized carbons (Fsp3) is 0.0769. The van der Waals surface area contributed by atoms with Crippen LogP contribution in [0, 0.1) is 5.82 Å². The molecule has 4 nitrogen and oxygen atoms in total. The molecule has 18 heavy (non-hydrogen) atoms. The first kappa shape index (κ1) is 12.0. The number of aromatic nitrogens is 1. The van der Waals surface area contributed by atoms with Gasteiger partial charge in [-0.3, -0.25) is 9.78 Å². The van der Waals surface area contributed by atoms with Gasteiger partial charge in [-0.05, 0) is 30.3 Å². The monoisotopic (exact) mass is 245 g/mol. The predicted molar refractivity (Wildman–Crippen MR) is 66.2 cm³/mol. The highest BCUT2D eigenvalue weighted by Gasteiger charge is 2.17. The van der Waals surface area contributed by atoms with Crippen molar-refractivity contribution < 1.29 is 9.18 Å². The second-order valence-corrected chi connectivity index (χ2v) is 3.77. The predicted octanol–water partition coefficient (Wildman–Crippen LogP) is 1.86. The minimum absolute atomic E-state index is 0.336. The molecular weight excluding hydrogens is 233 g/mol. The van der Waals surface area contributed by atoms with E-state index in [-0.39, 0.29) is 5.82 Å². The van der Waals surface area contributed by atoms with Crippen LogP contribution in [0.5, 0.6) is 0 Å². The van der Waals surface area contributed by atoms with Crippen molar-refractivity contribution in [2.75, 3.05) is 5.32 Å². The number of halogens is 1. The second-order valence-electron chi connectivity index (χ2n) is 3.77. The van der Waals surface area contributed by atoms with Crippen molar-refractivity contribution in [1.82, 2.24) is 4.98 Å². The van der Waals surface area contributed by atoms with Crippen molar-refractivity contribution in [3.8, 4) is 0 Å². The molecule has 92 valence electrons. The number of pyridine rings is 1. The van der Waals surface area contributed by atoms with E-state index in [1.165, 1.54) is 12.1 Å². The number of rotatable bonds is 4. The molecular formula is C13H12FN3O. The third-order valence-electron chi connectivity index (χ3n) is 2.46. The van der Waals surface area contributed by atoms with Crippen LogP contribution in [0.25, 0.3) is 0 Å². The Morgan fingerprint density at radius 2 is 2.00 bits per heavy atom. The van der Waals surface area contributed by atoms with Gasteiger partial charge in [-0.15, -0.1) is 0 Å². The summed E-state index contributed by atoms with van der Waals surface area (Å²) in [5.41, 5.74) is 6.62. The van der Waals surface area contributed by atoms with Crippen LogP contribution in [0.2, 0.25) is 0 Å². The fourth-order valence-corrected chi connectivity index (χ4v) is 1.58. The molecule has 0 saturated heterocycles. The molecule has 1 amide bonds. The number of carbonyl (C=O) groups excluding carboxylic acids is 1. The Morgan fingerprint density at radius 1 is 1.28 bits per heavy atom. The molecule has 1 unspecified atom stereocenters. The molecule has 5 heteroatoms. The number of nitrogens with zero attached hydrogens (tertiary/aromatic N) is 1. The SMILES string of the molecule is NC(=O)C(Nc1ccc(F)cc1)c1cccnc1. The third-order valence-corrected chi connectivity index (χ3v) is 2.46. The van der Waals surface area contributed by atoms with E-state index in [1.807, 2.05) is 0 Å². The Balaban J connectivity index is 2.22. The highest BCUT2D eigenvalue weighted by Crippen LogP contribution is 2.18. The Morgan fingerprint density at radius 3 is 2.56 bits per heavy atom. The minimum atomic E-state index is -0.691. The van der Waals surface area contributed by atoms with E-state index >= 15 is 0 Å². The Kier molecular flexibility index (Phi) is 3.52. The van der Waals surface area contributed by atoms with Gasteiger partial charge < -0.3 is 11.1 Å². The first-order chi connectivity index (χ1) is 8.66. The molecule has 0 bridgehead atoms. The molecule has 0 spiro atoms. The Hall–Kier alpha value is -2.43. The molecule has 0 saturated carbocycles. The van der Waals surface area contributed by atoms with Crippen LogP contribution in [0.3, 0.4) is 0 Å². The van der Waals surface area contributed by atoms with E-state index in [4.69, 9.17) is 5.73 Å². The maximum absolute atomic E-state index is 12.8. The van der Waals surface area contributed by atoms with Crippen molar-refractivity contribution in [3.05, 3.63) is 60.2 Å². The Labute approximate surface area is 104 Å². The molecule has 0 fully saturated rings. The summed E-state index contributed by atoms with van der Waals surface area (Å²) in [5, 5.41) is 2.94. The van der Waals surface area contributed by atoms with Gasteiger partial charge in [-0.2, -0.15) is 0 Å². The molecule has 3 N–H and O–H groups in total. The van der Waals surface area contributed by atoms with E-state index in [0.717, 1.165) is 0 Å². The summed E-state index contributed by atoms with van der Waals surface area (Å²) in [6.07, 6.45) is 3.17. The summed E-state index contributed by atoms with van der Waals surface area (Å²) < 4.78 is 12.8. The zero-order chi connectivity index (χ0) is 13.0. The molecule has 1 heterocycles. The van der Waals surface area contributed by atoms with Gasteiger partial charge in [0.05, 0.1) is 0 Å². The topological polar surface area (TPSA) is 68.0 Å². The lowest BCUT2D eigenvalue weighted by Gasteiger charge is -2.16. The van der Waals surface area contributed by atoms with Crippen LogP contribution in [0.4, 0.5) is 10.1 Å². The summed E-state index contributed by atoms with van der Waals surface area (Å²) in [6.45, 7) is 0. The van der Waals surface area contributed by atoms with Crippen LogP contribution in [0.1, 0.15) is 11.6 Å². The van der Waals surface area contributed by atoms with Gasteiger partial charge >= 0.3 is 0 Å². The van der Waals surface area contributed by atoms with Gasteiger partial charge in [0, 0.05) is 23.6 Å². The summed E-state index contributed by atoms with van der Waals surface area (Å²) >= 11 is 0. The first-order valence-corrected chi connectivity index (χ1v) is 5.38. The second kappa shape index (κ2) is 5.27. The smallest absolute Gasteiger partial charge is 0.244 e. The molecule has 0 radical (unpaired) electrons. The molecule has 1 aromatic heterocycles. The standard InChI is InChI=1S/C13H12FN3O/c14-10-3-5-11(6-4-10)17-12(13(15)18)9-2-1-7-16-8-9/h1-8,12,17H,(H2,15,18). The summed E-state index contributed by atoms with van der Waals surface area (Å²) in [5.74, 6) is -0.857. The highest BCUT2D eigenvalue weighted by atomic mass is 19.1. The van der Waals surface area contributed by atoms with Crippen molar-refractivity contribution in [1.29, 1.82) is 0 Å². The molecule has 0 aliphatic carbocycles. The number of hydrogen-bond donors (Lipinski definition) is 2. The van der Waals surface area contributed by atoms with Crippen molar-refractivity contribution in [3.63, 3.8) is 0 Å². The normalized spacial score (nSPS) is 11.8. The quantitative estimate of drug-likeness (QED) is 0.863. The largest absolute Gasteiger partial charge is 0.370 e. The molecule has 2 aromatic rings. The molecule has 0 aliphatic rings. The van der Waals surface area contributed by atoms with Gasteiger partial charge in [0.2, 0.25) is 5.91 Å².